The summed E-state index contributed by atoms with van der Waals surface area (Å²) >= 11 is 0. The fourth-order valence-electron chi connectivity index (χ4n) is 1.35. The average molecular weight is 210 g/mol. The molecule has 0 N–H and O–H groups in total. The van der Waals surface area contributed by atoms with Gasteiger partial charge in [-0.05, 0) is 34.6 Å². The highest BCUT2D eigenvalue weighted by Crippen LogP contribution is 1.97. The summed E-state index contributed by atoms with van der Waals surface area (Å²) in [6.45, 7) is 9.53. The molecule has 0 radical (unpaired) electrons. The summed E-state index contributed by atoms with van der Waals surface area (Å²) in [6.07, 6.45) is 0. The molecular formula is C11H18N2O2. The molecule has 0 amide bonds. The van der Waals surface area contributed by atoms with Gasteiger partial charge in [-0.2, -0.15) is 0 Å². The first-order chi connectivity index (χ1) is 6.91. The van der Waals surface area contributed by atoms with Gasteiger partial charge in [0.2, 0.25) is 0 Å². The Balaban J connectivity index is 3.55. The maximum atomic E-state index is 11.7. The van der Waals surface area contributed by atoms with Crippen LogP contribution in [0, 0.1) is 6.92 Å². The van der Waals surface area contributed by atoms with Gasteiger partial charge in [0.15, 0.2) is 0 Å². The molecule has 1 aromatic heterocycles. The molecule has 0 aliphatic heterocycles. The maximum Gasteiger partial charge on any atom is 0.300 e. The third kappa shape index (κ3) is 2.81. The monoisotopic (exact) mass is 210 g/mol. The fraction of sp³-hybridized carbons (Fsp3) is 0.636. The molecule has 4 nitrogen and oxygen atoms in total. The van der Waals surface area contributed by atoms with Crippen LogP contribution in [0.3, 0.4) is 0 Å². The third-order valence-corrected chi connectivity index (χ3v) is 1.91. The topological polar surface area (TPSA) is 47.5 Å². The van der Waals surface area contributed by atoms with Crippen molar-refractivity contribution in [2.45, 2.75) is 46.7 Å². The van der Waals surface area contributed by atoms with Crippen LogP contribution in [0.4, 0.5) is 0 Å². The van der Waals surface area contributed by atoms with Crippen LogP contribution in [0.2, 0.25) is 0 Å². The molecule has 0 aliphatic rings. The first-order valence-electron chi connectivity index (χ1n) is 5.19. The van der Waals surface area contributed by atoms with Crippen LogP contribution in [-0.2, 0) is 0 Å². The van der Waals surface area contributed by atoms with Gasteiger partial charge >= 0.3 is 0 Å². The van der Waals surface area contributed by atoms with Gasteiger partial charge in [-0.1, -0.05) is 0 Å². The van der Waals surface area contributed by atoms with Crippen LogP contribution in [-0.4, -0.2) is 10.6 Å². The lowest BCUT2D eigenvalue weighted by Gasteiger charge is -2.09. The van der Waals surface area contributed by atoms with Gasteiger partial charge in [-0.25, -0.2) is 4.99 Å². The van der Waals surface area contributed by atoms with E-state index in [1.165, 1.54) is 6.07 Å². The lowest BCUT2D eigenvalue weighted by Crippen LogP contribution is -2.35. The summed E-state index contributed by atoms with van der Waals surface area (Å²) in [7, 11) is 0. The molecule has 4 heteroatoms. The van der Waals surface area contributed by atoms with Crippen molar-refractivity contribution < 1.29 is 4.42 Å². The Morgan fingerprint density at radius 3 is 2.40 bits per heavy atom. The molecule has 0 saturated heterocycles. The third-order valence-electron chi connectivity index (χ3n) is 1.91. The molecule has 84 valence electrons. The Morgan fingerprint density at radius 1 is 1.33 bits per heavy atom. The van der Waals surface area contributed by atoms with Crippen LogP contribution >= 0.6 is 0 Å². The van der Waals surface area contributed by atoms with E-state index in [2.05, 4.69) is 4.99 Å². The molecule has 0 saturated carbocycles. The minimum Gasteiger partial charge on any atom is -0.430 e. The second-order valence-corrected chi connectivity index (χ2v) is 4.16. The molecular weight excluding hydrogens is 192 g/mol. The fourth-order valence-corrected chi connectivity index (χ4v) is 1.35. The van der Waals surface area contributed by atoms with Crippen molar-refractivity contribution in [2.75, 3.05) is 0 Å². The smallest absolute Gasteiger partial charge is 0.300 e. The van der Waals surface area contributed by atoms with E-state index in [0.717, 1.165) is 0 Å². The van der Waals surface area contributed by atoms with E-state index < -0.39 is 0 Å². The first kappa shape index (κ1) is 11.8. The number of hydrogen-bond donors (Lipinski definition) is 0. The highest BCUT2D eigenvalue weighted by molar-refractivity contribution is 4.92. The van der Waals surface area contributed by atoms with Gasteiger partial charge in [-0.15, -0.1) is 0 Å². The van der Waals surface area contributed by atoms with Crippen LogP contribution in [0.25, 0.3) is 0 Å². The van der Waals surface area contributed by atoms with Crippen molar-refractivity contribution in [3.05, 3.63) is 27.9 Å². The van der Waals surface area contributed by atoms with Crippen molar-refractivity contribution in [1.82, 2.24) is 4.57 Å². The summed E-state index contributed by atoms with van der Waals surface area (Å²) in [5.74, 6) is 0.594. The van der Waals surface area contributed by atoms with Gasteiger partial charge in [0.05, 0.1) is 0 Å². The van der Waals surface area contributed by atoms with Crippen molar-refractivity contribution in [3.8, 4) is 0 Å². The SMILES string of the molecule is Cc1cc(=O)n(C(C)C)c(=NC(C)C)o1. The van der Waals surface area contributed by atoms with Crippen LogP contribution in [0.5, 0.6) is 0 Å². The minimum atomic E-state index is -0.0619. The van der Waals surface area contributed by atoms with Crippen molar-refractivity contribution >= 4 is 0 Å². The van der Waals surface area contributed by atoms with E-state index >= 15 is 0 Å². The summed E-state index contributed by atoms with van der Waals surface area (Å²) < 4.78 is 7.02. The Morgan fingerprint density at radius 2 is 1.93 bits per heavy atom. The second-order valence-electron chi connectivity index (χ2n) is 4.16. The predicted molar refractivity (Wildman–Crippen MR) is 58.8 cm³/mol. The second kappa shape index (κ2) is 4.47. The average Bonchev–Trinajstić information content (AvgIpc) is 1.99. The van der Waals surface area contributed by atoms with E-state index in [-0.39, 0.29) is 17.6 Å². The minimum absolute atomic E-state index is 0.0550. The zero-order chi connectivity index (χ0) is 11.6. The first-order valence-corrected chi connectivity index (χ1v) is 5.19. The van der Waals surface area contributed by atoms with E-state index in [0.29, 0.717) is 11.4 Å². The van der Waals surface area contributed by atoms with E-state index in [1.807, 2.05) is 27.7 Å². The van der Waals surface area contributed by atoms with Crippen molar-refractivity contribution in [2.24, 2.45) is 4.99 Å². The Labute approximate surface area is 89.3 Å². The van der Waals surface area contributed by atoms with Crippen LogP contribution in [0.15, 0.2) is 20.3 Å². The molecule has 1 rings (SSSR count). The maximum absolute atomic E-state index is 11.7. The zero-order valence-corrected chi connectivity index (χ0v) is 9.94. The summed E-state index contributed by atoms with van der Waals surface area (Å²) in [5, 5.41) is 0. The Hall–Kier alpha value is -1.32. The summed E-state index contributed by atoms with van der Waals surface area (Å²) in [6, 6.07) is 1.65. The highest BCUT2D eigenvalue weighted by atomic mass is 16.3. The summed E-state index contributed by atoms with van der Waals surface area (Å²) in [4.78, 5) is 16.0. The predicted octanol–water partition coefficient (Wildman–Crippen LogP) is 1.64. The van der Waals surface area contributed by atoms with Crippen LogP contribution < -0.4 is 11.2 Å². The van der Waals surface area contributed by atoms with Crippen molar-refractivity contribution in [3.63, 3.8) is 0 Å². The number of aryl methyl sites for hydroxylation is 1. The quantitative estimate of drug-likeness (QED) is 0.745. The van der Waals surface area contributed by atoms with Gasteiger partial charge < -0.3 is 4.42 Å². The molecule has 0 aromatic carbocycles. The number of hydrogen-bond acceptors (Lipinski definition) is 3. The molecule has 0 atom stereocenters. The van der Waals surface area contributed by atoms with Crippen LogP contribution in [0.1, 0.15) is 39.5 Å². The van der Waals surface area contributed by atoms with Gasteiger partial charge in [0.1, 0.15) is 5.76 Å². The molecule has 1 aromatic rings. The van der Waals surface area contributed by atoms with Gasteiger partial charge in [0, 0.05) is 18.2 Å². The Bertz CT molecular complexity index is 452. The highest BCUT2D eigenvalue weighted by Gasteiger charge is 2.06. The van der Waals surface area contributed by atoms with Crippen molar-refractivity contribution in [1.29, 1.82) is 0 Å². The zero-order valence-electron chi connectivity index (χ0n) is 9.94. The lowest BCUT2D eigenvalue weighted by molar-refractivity contribution is 0.356. The molecule has 15 heavy (non-hydrogen) atoms. The normalized spacial score (nSPS) is 12.9. The lowest BCUT2D eigenvalue weighted by atomic mass is 10.4. The van der Waals surface area contributed by atoms with E-state index in [9.17, 15) is 4.79 Å². The largest absolute Gasteiger partial charge is 0.430 e. The molecule has 0 fully saturated rings. The standard InChI is InChI=1S/C11H18N2O2/c1-7(2)12-11-13(8(3)4)10(14)6-9(5)15-11/h6-8H,1-5H3. The van der Waals surface area contributed by atoms with Gasteiger partial charge in [-0.3, -0.25) is 9.36 Å². The molecule has 0 spiro atoms. The van der Waals surface area contributed by atoms with E-state index in [1.54, 1.807) is 11.5 Å². The number of aromatic nitrogens is 1. The molecule has 0 aliphatic carbocycles. The summed E-state index contributed by atoms with van der Waals surface area (Å²) in [5.41, 5.74) is 0.346. The molecule has 0 unspecified atom stereocenters. The van der Waals surface area contributed by atoms with Gasteiger partial charge in [0.25, 0.3) is 11.2 Å². The molecule has 1 heterocycles. The number of nitrogens with zero attached hydrogens (tertiary/aromatic N) is 2. The molecule has 0 bridgehead atoms. The number of rotatable bonds is 2. The van der Waals surface area contributed by atoms with E-state index in [4.69, 9.17) is 4.42 Å². The Kier molecular flexibility index (Phi) is 3.50.